The molecule has 0 saturated heterocycles. The highest BCUT2D eigenvalue weighted by Crippen LogP contribution is 2.32. The van der Waals surface area contributed by atoms with Gasteiger partial charge in [-0.15, -0.1) is 11.3 Å². The Labute approximate surface area is 110 Å². The molecule has 3 nitrogen and oxygen atoms in total. The lowest BCUT2D eigenvalue weighted by Gasteiger charge is -2.17. The minimum absolute atomic E-state index is 0.323. The Kier molecular flexibility index (Phi) is 4.57. The van der Waals surface area contributed by atoms with E-state index in [4.69, 9.17) is 0 Å². The number of hydrogen-bond acceptors (Lipinski definition) is 3. The second-order valence-electron chi connectivity index (χ2n) is 4.20. The summed E-state index contributed by atoms with van der Waals surface area (Å²) in [6.07, 6.45) is 0. The van der Waals surface area contributed by atoms with Gasteiger partial charge in [-0.2, -0.15) is 4.31 Å². The van der Waals surface area contributed by atoms with Gasteiger partial charge in [0, 0.05) is 13.6 Å². The summed E-state index contributed by atoms with van der Waals surface area (Å²) in [7, 11) is -1.69. The average Bonchev–Trinajstić information content (AvgIpc) is 2.46. The van der Waals surface area contributed by atoms with Crippen molar-refractivity contribution in [1.29, 1.82) is 0 Å². The van der Waals surface area contributed by atoms with E-state index in [9.17, 15) is 8.42 Å². The Morgan fingerprint density at radius 2 is 2.06 bits per heavy atom. The number of halogens is 1. The molecule has 1 heterocycles. The predicted molar refractivity (Wildman–Crippen MR) is 71.4 cm³/mol. The van der Waals surface area contributed by atoms with E-state index in [1.165, 1.54) is 15.6 Å². The molecule has 1 rings (SSSR count). The first-order chi connectivity index (χ1) is 7.25. The van der Waals surface area contributed by atoms with Gasteiger partial charge in [0.15, 0.2) is 0 Å². The highest BCUT2D eigenvalue weighted by Gasteiger charge is 2.24. The zero-order valence-corrected chi connectivity index (χ0v) is 13.0. The number of thiophene rings is 1. The highest BCUT2D eigenvalue weighted by molar-refractivity contribution is 9.11. The van der Waals surface area contributed by atoms with Crippen LogP contribution in [0.5, 0.6) is 0 Å². The third-order valence-corrected chi connectivity index (χ3v) is 6.53. The molecule has 16 heavy (non-hydrogen) atoms. The third-order valence-electron chi connectivity index (χ3n) is 2.12. The standard InChI is InChI=1S/C10H16BrNO2S2/c1-7(2)6-12(4)16(13,14)9-5-8(3)10(11)15-9/h5,7H,6H2,1-4H3. The van der Waals surface area contributed by atoms with Crippen molar-refractivity contribution in [3.8, 4) is 0 Å². The van der Waals surface area contributed by atoms with E-state index in [0.29, 0.717) is 16.7 Å². The Bertz CT molecular complexity index is 446. The molecule has 0 N–H and O–H groups in total. The van der Waals surface area contributed by atoms with E-state index in [-0.39, 0.29) is 0 Å². The summed E-state index contributed by atoms with van der Waals surface area (Å²) in [5, 5.41) is 0. The van der Waals surface area contributed by atoms with Gasteiger partial charge in [0.25, 0.3) is 10.0 Å². The van der Waals surface area contributed by atoms with Gasteiger partial charge < -0.3 is 0 Å². The smallest absolute Gasteiger partial charge is 0.206 e. The SMILES string of the molecule is Cc1cc(S(=O)(=O)N(C)CC(C)C)sc1Br. The largest absolute Gasteiger partial charge is 0.252 e. The first-order valence-electron chi connectivity index (χ1n) is 4.97. The third kappa shape index (κ3) is 3.06. The topological polar surface area (TPSA) is 37.4 Å². The first-order valence-corrected chi connectivity index (χ1v) is 8.02. The van der Waals surface area contributed by atoms with Crippen LogP contribution in [0, 0.1) is 12.8 Å². The van der Waals surface area contributed by atoms with Crippen LogP contribution in [0.3, 0.4) is 0 Å². The van der Waals surface area contributed by atoms with E-state index < -0.39 is 10.0 Å². The van der Waals surface area contributed by atoms with Crippen molar-refractivity contribution < 1.29 is 8.42 Å². The van der Waals surface area contributed by atoms with Gasteiger partial charge in [-0.25, -0.2) is 8.42 Å². The Morgan fingerprint density at radius 1 is 1.50 bits per heavy atom. The zero-order chi connectivity index (χ0) is 12.5. The van der Waals surface area contributed by atoms with Crippen LogP contribution in [0.2, 0.25) is 0 Å². The molecular formula is C10H16BrNO2S2. The maximum atomic E-state index is 12.1. The van der Waals surface area contributed by atoms with Crippen molar-refractivity contribution in [2.24, 2.45) is 5.92 Å². The van der Waals surface area contributed by atoms with Crippen LogP contribution in [-0.2, 0) is 10.0 Å². The van der Waals surface area contributed by atoms with Crippen molar-refractivity contribution in [1.82, 2.24) is 4.31 Å². The maximum Gasteiger partial charge on any atom is 0.252 e. The van der Waals surface area contributed by atoms with E-state index >= 15 is 0 Å². The van der Waals surface area contributed by atoms with Crippen molar-refractivity contribution in [2.75, 3.05) is 13.6 Å². The molecule has 6 heteroatoms. The first kappa shape index (κ1) is 14.2. The lowest BCUT2D eigenvalue weighted by atomic mass is 10.2. The lowest BCUT2D eigenvalue weighted by molar-refractivity contribution is 0.418. The fourth-order valence-corrected chi connectivity index (χ4v) is 5.10. The second kappa shape index (κ2) is 5.16. The molecule has 0 aliphatic heterocycles. The maximum absolute atomic E-state index is 12.1. The predicted octanol–water partition coefficient (Wildman–Crippen LogP) is 3.10. The normalized spacial score (nSPS) is 12.7. The number of rotatable bonds is 4. The lowest BCUT2D eigenvalue weighted by Crippen LogP contribution is -2.29. The molecule has 0 bridgehead atoms. The van der Waals surface area contributed by atoms with Crippen molar-refractivity contribution in [3.63, 3.8) is 0 Å². The number of aryl methyl sites for hydroxylation is 1. The average molecular weight is 326 g/mol. The highest BCUT2D eigenvalue weighted by atomic mass is 79.9. The molecule has 1 aromatic heterocycles. The van der Waals surface area contributed by atoms with Crippen LogP contribution in [0.4, 0.5) is 0 Å². The Balaban J connectivity index is 3.02. The quantitative estimate of drug-likeness (QED) is 0.853. The van der Waals surface area contributed by atoms with Crippen molar-refractivity contribution >= 4 is 37.3 Å². The number of sulfonamides is 1. The molecular weight excluding hydrogens is 310 g/mol. The second-order valence-corrected chi connectivity index (χ2v) is 8.84. The molecule has 0 unspecified atom stereocenters. The van der Waals surface area contributed by atoms with E-state index in [1.807, 2.05) is 20.8 Å². The van der Waals surface area contributed by atoms with Crippen LogP contribution < -0.4 is 0 Å². The summed E-state index contributed by atoms with van der Waals surface area (Å²) in [6, 6.07) is 1.71. The Hall–Kier alpha value is 0.0900. The minimum Gasteiger partial charge on any atom is -0.206 e. The molecule has 0 amide bonds. The fourth-order valence-electron chi connectivity index (χ4n) is 1.32. The summed E-state index contributed by atoms with van der Waals surface area (Å²) < 4.78 is 27.0. The summed E-state index contributed by atoms with van der Waals surface area (Å²) in [5.74, 6) is 0.323. The summed E-state index contributed by atoms with van der Waals surface area (Å²) in [5.41, 5.74) is 0.960. The Morgan fingerprint density at radius 3 is 2.44 bits per heavy atom. The molecule has 0 aromatic carbocycles. The van der Waals surface area contributed by atoms with Crippen LogP contribution in [0.1, 0.15) is 19.4 Å². The van der Waals surface area contributed by atoms with Gasteiger partial charge in [0.1, 0.15) is 4.21 Å². The van der Waals surface area contributed by atoms with Gasteiger partial charge in [0.05, 0.1) is 3.79 Å². The van der Waals surface area contributed by atoms with Gasteiger partial charge >= 0.3 is 0 Å². The molecule has 0 aliphatic carbocycles. The van der Waals surface area contributed by atoms with Gasteiger partial charge in [-0.05, 0) is 40.4 Å². The summed E-state index contributed by atoms with van der Waals surface area (Å²) in [6.45, 7) is 6.43. The monoisotopic (exact) mass is 325 g/mol. The van der Waals surface area contributed by atoms with E-state index in [2.05, 4.69) is 15.9 Å². The molecule has 0 fully saturated rings. The van der Waals surface area contributed by atoms with Gasteiger partial charge in [-0.1, -0.05) is 13.8 Å². The van der Waals surface area contributed by atoms with Gasteiger partial charge in [0.2, 0.25) is 0 Å². The van der Waals surface area contributed by atoms with Crippen LogP contribution in [-0.4, -0.2) is 26.3 Å². The molecule has 0 spiro atoms. The van der Waals surface area contributed by atoms with E-state index in [0.717, 1.165) is 9.35 Å². The van der Waals surface area contributed by atoms with Crippen LogP contribution >= 0.6 is 27.3 Å². The number of nitrogens with zero attached hydrogens (tertiary/aromatic N) is 1. The summed E-state index contributed by atoms with van der Waals surface area (Å²) in [4.78, 5) is 0. The molecule has 0 atom stereocenters. The van der Waals surface area contributed by atoms with Crippen molar-refractivity contribution in [3.05, 3.63) is 15.4 Å². The van der Waals surface area contributed by atoms with Crippen LogP contribution in [0.15, 0.2) is 14.1 Å². The zero-order valence-electron chi connectivity index (χ0n) is 9.82. The molecule has 0 saturated carbocycles. The number of hydrogen-bond donors (Lipinski definition) is 0. The van der Waals surface area contributed by atoms with Gasteiger partial charge in [-0.3, -0.25) is 0 Å². The molecule has 92 valence electrons. The molecule has 1 aromatic rings. The van der Waals surface area contributed by atoms with E-state index in [1.54, 1.807) is 13.1 Å². The van der Waals surface area contributed by atoms with Crippen LogP contribution in [0.25, 0.3) is 0 Å². The molecule has 0 radical (unpaired) electrons. The fraction of sp³-hybridized carbons (Fsp3) is 0.600. The van der Waals surface area contributed by atoms with Crippen molar-refractivity contribution in [2.45, 2.75) is 25.0 Å². The minimum atomic E-state index is -3.31. The summed E-state index contributed by atoms with van der Waals surface area (Å²) >= 11 is 4.61. The molecule has 0 aliphatic rings.